The average Bonchev–Trinajstić information content (AvgIpc) is 3.12. The van der Waals surface area contributed by atoms with Crippen molar-refractivity contribution in [2.45, 2.75) is 80.7 Å². The van der Waals surface area contributed by atoms with Crippen LogP contribution in [-0.2, 0) is 27.3 Å². The highest BCUT2D eigenvalue weighted by molar-refractivity contribution is 5.99. The number of aliphatic hydroxyl groups excluding tert-OH is 1. The second kappa shape index (κ2) is 30.4. The third kappa shape index (κ3) is 21.4. The van der Waals surface area contributed by atoms with Crippen molar-refractivity contribution in [1.82, 2.24) is 9.80 Å². The smallest absolute Gasteiger partial charge is 0.253 e. The molecule has 0 saturated carbocycles. The lowest BCUT2D eigenvalue weighted by atomic mass is 10.1. The molecule has 10 heteroatoms. The van der Waals surface area contributed by atoms with Gasteiger partial charge in [0.1, 0.15) is 17.9 Å². The first kappa shape index (κ1) is 48.7. The number of aliphatic imine (C=N–C) groups is 1. The van der Waals surface area contributed by atoms with Gasteiger partial charge in [0.2, 0.25) is 5.91 Å². The number of hydrogen-bond donors (Lipinski definition) is 2. The van der Waals surface area contributed by atoms with Gasteiger partial charge in [-0.15, -0.1) is 0 Å². The molecule has 3 N–H and O–H groups in total. The van der Waals surface area contributed by atoms with Gasteiger partial charge < -0.3 is 25.4 Å². The van der Waals surface area contributed by atoms with E-state index in [-0.39, 0.29) is 11.8 Å². The minimum Gasteiger partial charge on any atom is -0.503 e. The highest BCUT2D eigenvalue weighted by atomic mass is 19.1. The normalized spacial score (nSPS) is 11.1. The number of aryl methyl sites for hydroxylation is 2. The molecule has 2 aromatic rings. The zero-order chi connectivity index (χ0) is 39.2. The molecule has 0 atom stereocenters. The van der Waals surface area contributed by atoms with Gasteiger partial charge in [0.25, 0.3) is 5.91 Å². The maximum atomic E-state index is 13.5. The van der Waals surface area contributed by atoms with Gasteiger partial charge in [-0.3, -0.25) is 14.6 Å². The van der Waals surface area contributed by atoms with Crippen LogP contribution in [0.15, 0.2) is 95.4 Å². The number of carbonyl (C=O) groups is 2. The van der Waals surface area contributed by atoms with Crippen molar-refractivity contribution in [2.75, 3.05) is 40.4 Å². The van der Waals surface area contributed by atoms with Gasteiger partial charge in [-0.05, 0) is 92.6 Å². The molecule has 2 rings (SSSR count). The molecular weight excluding hydrogens is 650 g/mol. The van der Waals surface area contributed by atoms with Crippen LogP contribution in [-0.4, -0.2) is 73.3 Å². The number of hydrogen-bond acceptors (Lipinski definition) is 6. The fourth-order valence-electron chi connectivity index (χ4n) is 4.62. The van der Waals surface area contributed by atoms with Gasteiger partial charge in [-0.25, -0.2) is 8.78 Å². The molecule has 0 aliphatic carbocycles. The highest BCUT2D eigenvalue weighted by Crippen LogP contribution is 2.15. The summed E-state index contributed by atoms with van der Waals surface area (Å²) < 4.78 is 29.3. The third-order valence-corrected chi connectivity index (χ3v) is 6.82. The SMILES string of the molecule is C=C(/C=C(/C=N/C=C\OC)\C=C(/C)C(=O)N(CCCN)Cc1cccc(CC)c1)C(=O)N(CCC)CCC.CC.CO.Cc1cc(F)cc(F)c1. The highest BCUT2D eigenvalue weighted by Gasteiger charge is 2.17. The number of nitrogens with two attached hydrogens (primary N) is 1. The Labute approximate surface area is 306 Å². The van der Waals surface area contributed by atoms with Gasteiger partial charge >= 0.3 is 0 Å². The summed E-state index contributed by atoms with van der Waals surface area (Å²) in [5, 5.41) is 7.00. The number of amides is 2. The van der Waals surface area contributed by atoms with Crippen molar-refractivity contribution < 1.29 is 28.2 Å². The maximum Gasteiger partial charge on any atom is 0.253 e. The predicted octanol–water partition coefficient (Wildman–Crippen LogP) is 8.10. The minimum absolute atomic E-state index is 0.0948. The van der Waals surface area contributed by atoms with Gasteiger partial charge in [-0.2, -0.15) is 0 Å². The molecule has 284 valence electrons. The first-order chi connectivity index (χ1) is 24.5. The Morgan fingerprint density at radius 1 is 0.922 bits per heavy atom. The summed E-state index contributed by atoms with van der Waals surface area (Å²) in [5.74, 6) is -1.26. The van der Waals surface area contributed by atoms with E-state index >= 15 is 0 Å². The Bertz CT molecular complexity index is 1360. The Morgan fingerprint density at radius 2 is 1.51 bits per heavy atom. The van der Waals surface area contributed by atoms with Crippen molar-refractivity contribution in [3.05, 3.63) is 119 Å². The number of benzene rings is 2. The zero-order valence-corrected chi connectivity index (χ0v) is 32.3. The second-order valence-corrected chi connectivity index (χ2v) is 11.1. The molecule has 0 unspecified atom stereocenters. The molecular formula is C41H62F2N4O4. The Balaban J connectivity index is 0. The molecule has 0 saturated heterocycles. The Kier molecular flexibility index (Phi) is 29.0. The number of allylic oxidation sites excluding steroid dienone is 2. The van der Waals surface area contributed by atoms with Crippen molar-refractivity contribution in [2.24, 2.45) is 10.7 Å². The lowest BCUT2D eigenvalue weighted by Gasteiger charge is -2.23. The molecule has 8 nitrogen and oxygen atoms in total. The first-order valence-electron chi connectivity index (χ1n) is 17.5. The summed E-state index contributed by atoms with van der Waals surface area (Å²) in [6.07, 6.45) is 11.3. The van der Waals surface area contributed by atoms with Gasteiger partial charge in [-0.1, -0.05) is 65.5 Å². The fraction of sp³-hybridized carbons (Fsp3) is 0.439. The molecule has 0 aliphatic rings. The topological polar surface area (TPSA) is 108 Å². The number of aliphatic hydroxyl groups is 1. The van der Waals surface area contributed by atoms with Crippen LogP contribution in [0.1, 0.15) is 77.5 Å². The third-order valence-electron chi connectivity index (χ3n) is 6.82. The maximum absolute atomic E-state index is 13.5. The number of rotatable bonds is 17. The standard InChI is InChI=1S/C31H46N4O3.C7H6F2.C2H6.CH4O/c1-7-16-34(17-8-2)30(36)25(4)20-29(23-33-15-19-38-6)21-26(5)31(37)35(18-11-14-32)24-28-13-10-12-27(9-3)22-28;1-5-2-6(8)4-7(9)3-5;2*1-2/h10,12-13,15,19-23H,4,7-9,11,14,16-18,24,32H2,1-3,5-6H3;2-4H,1H3;1-2H3;2H,1H3/b19-15-,26-21+,29-20+,33-23+;;;. The van der Waals surface area contributed by atoms with Crippen LogP contribution in [0.5, 0.6) is 0 Å². The van der Waals surface area contributed by atoms with Crippen LogP contribution in [0.3, 0.4) is 0 Å². The van der Waals surface area contributed by atoms with Crippen LogP contribution < -0.4 is 5.73 Å². The summed E-state index contributed by atoms with van der Waals surface area (Å²) >= 11 is 0. The molecule has 0 heterocycles. The second-order valence-electron chi connectivity index (χ2n) is 11.1. The number of carbonyl (C=O) groups excluding carboxylic acids is 2. The minimum atomic E-state index is -0.521. The lowest BCUT2D eigenvalue weighted by molar-refractivity contribution is -0.128. The predicted molar refractivity (Wildman–Crippen MR) is 208 cm³/mol. The molecule has 0 aliphatic heterocycles. The van der Waals surface area contributed by atoms with Crippen molar-refractivity contribution >= 4 is 18.0 Å². The number of methoxy groups -OCH3 is 1. The van der Waals surface area contributed by atoms with E-state index in [0.29, 0.717) is 61.4 Å². The van der Waals surface area contributed by atoms with E-state index in [9.17, 15) is 18.4 Å². The average molecular weight is 713 g/mol. The van der Waals surface area contributed by atoms with Crippen LogP contribution in [0.4, 0.5) is 8.78 Å². The number of halogens is 2. The molecule has 0 bridgehead atoms. The van der Waals surface area contributed by atoms with Crippen molar-refractivity contribution in [1.29, 1.82) is 0 Å². The van der Waals surface area contributed by atoms with E-state index in [0.717, 1.165) is 38.0 Å². The van der Waals surface area contributed by atoms with E-state index in [4.69, 9.17) is 15.6 Å². The van der Waals surface area contributed by atoms with Crippen molar-refractivity contribution in [3.8, 4) is 0 Å². The van der Waals surface area contributed by atoms with Crippen LogP contribution in [0.25, 0.3) is 0 Å². The lowest BCUT2D eigenvalue weighted by Crippen LogP contribution is -2.33. The first-order valence-corrected chi connectivity index (χ1v) is 17.5. The van der Waals surface area contributed by atoms with E-state index < -0.39 is 11.6 Å². The van der Waals surface area contributed by atoms with E-state index in [1.165, 1.54) is 37.3 Å². The van der Waals surface area contributed by atoms with E-state index in [1.54, 1.807) is 37.1 Å². The Morgan fingerprint density at radius 3 is 2.02 bits per heavy atom. The summed E-state index contributed by atoms with van der Waals surface area (Å²) in [7, 11) is 2.54. The number of ether oxygens (including phenoxy) is 1. The van der Waals surface area contributed by atoms with Crippen LogP contribution >= 0.6 is 0 Å². The van der Waals surface area contributed by atoms with Crippen LogP contribution in [0, 0.1) is 18.6 Å². The summed E-state index contributed by atoms with van der Waals surface area (Å²) in [5.41, 5.74) is 10.1. The molecule has 51 heavy (non-hydrogen) atoms. The van der Waals surface area contributed by atoms with Crippen LogP contribution in [0.2, 0.25) is 0 Å². The van der Waals surface area contributed by atoms with Gasteiger partial charge in [0.05, 0.1) is 13.3 Å². The summed E-state index contributed by atoms with van der Waals surface area (Å²) in [4.78, 5) is 34.4. The Hall–Kier alpha value is -4.41. The fourth-order valence-corrected chi connectivity index (χ4v) is 4.62. The van der Waals surface area contributed by atoms with E-state index in [2.05, 4.69) is 30.6 Å². The molecule has 2 amide bonds. The zero-order valence-electron chi connectivity index (χ0n) is 32.3. The molecule has 0 radical (unpaired) electrons. The van der Waals surface area contributed by atoms with Gasteiger partial charge in [0, 0.05) is 56.7 Å². The largest absolute Gasteiger partial charge is 0.503 e. The number of nitrogens with zero attached hydrogens (tertiary/aromatic N) is 3. The van der Waals surface area contributed by atoms with E-state index in [1.807, 2.05) is 44.7 Å². The quantitative estimate of drug-likeness (QED) is 0.0746. The van der Waals surface area contributed by atoms with Crippen molar-refractivity contribution in [3.63, 3.8) is 0 Å². The molecule has 0 aromatic heterocycles. The summed E-state index contributed by atoms with van der Waals surface area (Å²) in [6, 6.07) is 11.7. The molecule has 0 fully saturated rings. The summed E-state index contributed by atoms with van der Waals surface area (Å²) in [6.45, 7) is 20.5. The van der Waals surface area contributed by atoms with Gasteiger partial charge in [0.15, 0.2) is 0 Å². The monoisotopic (exact) mass is 712 g/mol. The molecule has 2 aromatic carbocycles. The molecule has 0 spiro atoms.